The molecule has 0 saturated heterocycles. The molecule has 1 aromatic carbocycles. The quantitative estimate of drug-likeness (QED) is 0.803. The second kappa shape index (κ2) is 3.75. The van der Waals surface area contributed by atoms with Crippen molar-refractivity contribution in [2.24, 2.45) is 0 Å². The number of hydrogen-bond donors (Lipinski definition) is 1. The molecule has 1 aliphatic rings. The van der Waals surface area contributed by atoms with Gasteiger partial charge in [0, 0.05) is 5.02 Å². The maximum absolute atomic E-state index is 13.4. The predicted octanol–water partition coefficient (Wildman–Crippen LogP) is 1.61. The van der Waals surface area contributed by atoms with Crippen LogP contribution in [-0.4, -0.2) is 23.3 Å². The topological polar surface area (TPSA) is 57.6 Å². The minimum Gasteiger partial charge on any atom is -0.478 e. The third-order valence-electron chi connectivity index (χ3n) is 2.35. The minimum absolute atomic E-state index is 0.000201. The molecule has 16 heavy (non-hydrogen) atoms. The molecule has 1 amide bonds. The van der Waals surface area contributed by atoms with Crippen LogP contribution in [0.25, 0.3) is 0 Å². The van der Waals surface area contributed by atoms with E-state index in [1.54, 1.807) is 12.1 Å². The highest BCUT2D eigenvalue weighted by Crippen LogP contribution is 2.33. The van der Waals surface area contributed by atoms with Crippen LogP contribution in [-0.2, 0) is 16.0 Å². The molecule has 0 bridgehead atoms. The first-order valence-corrected chi connectivity index (χ1v) is 4.86. The Hall–Kier alpha value is -1.62. The average molecular weight is 244 g/mol. The molecule has 0 aromatic heterocycles. The molecule has 1 heterocycles. The van der Waals surface area contributed by atoms with Gasteiger partial charge in [-0.3, -0.25) is 9.69 Å². The number of carbonyl (C=O) groups is 2. The van der Waals surface area contributed by atoms with Crippen molar-refractivity contribution in [3.05, 3.63) is 28.8 Å². The van der Waals surface area contributed by atoms with Gasteiger partial charge in [0.1, 0.15) is 0 Å². The number of carboxylic acid groups (broad SMARTS) is 1. The molecule has 0 saturated carbocycles. The highest BCUT2D eigenvalue weighted by atomic mass is 35.5. The number of anilines is 1. The summed E-state index contributed by atoms with van der Waals surface area (Å²) in [6.07, 6.45) is -2.37. The van der Waals surface area contributed by atoms with Crippen molar-refractivity contribution in [2.45, 2.75) is 12.7 Å². The van der Waals surface area contributed by atoms with Crippen molar-refractivity contribution >= 4 is 29.2 Å². The number of rotatable bonds is 2. The van der Waals surface area contributed by atoms with E-state index in [1.165, 1.54) is 6.07 Å². The summed E-state index contributed by atoms with van der Waals surface area (Å²) in [5, 5.41) is 8.88. The van der Waals surface area contributed by atoms with Crippen LogP contribution in [0.15, 0.2) is 18.2 Å². The van der Waals surface area contributed by atoms with E-state index in [1.807, 2.05) is 0 Å². The third kappa shape index (κ3) is 1.63. The minimum atomic E-state index is -2.37. The number of nitrogens with zero attached hydrogens (tertiary/aromatic N) is 1. The zero-order chi connectivity index (χ0) is 11.9. The van der Waals surface area contributed by atoms with Crippen LogP contribution in [0.3, 0.4) is 0 Å². The lowest BCUT2D eigenvalue weighted by molar-refractivity contribution is -0.144. The van der Waals surface area contributed by atoms with E-state index < -0.39 is 18.2 Å². The Balaban J connectivity index is 2.46. The van der Waals surface area contributed by atoms with Crippen molar-refractivity contribution in [3.63, 3.8) is 0 Å². The number of halogens is 2. The van der Waals surface area contributed by atoms with Gasteiger partial charge < -0.3 is 5.11 Å². The summed E-state index contributed by atoms with van der Waals surface area (Å²) < 4.78 is 13.4. The van der Waals surface area contributed by atoms with Gasteiger partial charge in [0.05, 0.1) is 12.1 Å². The number of fused-ring (bicyclic) bond motifs is 1. The summed E-state index contributed by atoms with van der Waals surface area (Å²) in [6.45, 7) is 0. The fourth-order valence-corrected chi connectivity index (χ4v) is 1.82. The maximum atomic E-state index is 13.4. The van der Waals surface area contributed by atoms with Crippen molar-refractivity contribution < 1.29 is 19.1 Å². The average Bonchev–Trinajstić information content (AvgIpc) is 2.52. The standard InChI is InChI=1S/C10H7ClFNO3/c11-6-2-1-5-3-8(14)13(7(5)4-6)9(12)10(15)16/h1-2,4,9H,3H2,(H,15,16). The molecule has 1 aliphatic heterocycles. The lowest BCUT2D eigenvalue weighted by Gasteiger charge is -2.18. The Morgan fingerprint density at radius 1 is 1.56 bits per heavy atom. The Morgan fingerprint density at radius 2 is 2.25 bits per heavy atom. The van der Waals surface area contributed by atoms with Crippen molar-refractivity contribution in [1.29, 1.82) is 0 Å². The molecule has 84 valence electrons. The van der Waals surface area contributed by atoms with Crippen LogP contribution in [0.1, 0.15) is 5.56 Å². The smallest absolute Gasteiger partial charge is 0.360 e. The molecule has 0 fully saturated rings. The van der Waals surface area contributed by atoms with Gasteiger partial charge in [0.15, 0.2) is 0 Å². The van der Waals surface area contributed by atoms with E-state index in [4.69, 9.17) is 16.7 Å². The van der Waals surface area contributed by atoms with Gasteiger partial charge in [-0.15, -0.1) is 0 Å². The molecule has 0 aliphatic carbocycles. The normalized spacial score (nSPS) is 16.1. The van der Waals surface area contributed by atoms with Gasteiger partial charge in [-0.25, -0.2) is 9.18 Å². The van der Waals surface area contributed by atoms with Crippen molar-refractivity contribution in [3.8, 4) is 0 Å². The van der Waals surface area contributed by atoms with E-state index in [9.17, 15) is 14.0 Å². The van der Waals surface area contributed by atoms with Gasteiger partial charge in [0.2, 0.25) is 5.91 Å². The molecule has 0 spiro atoms. The first-order valence-electron chi connectivity index (χ1n) is 4.48. The molecule has 6 heteroatoms. The van der Waals surface area contributed by atoms with Gasteiger partial charge in [-0.1, -0.05) is 17.7 Å². The van der Waals surface area contributed by atoms with Gasteiger partial charge in [-0.05, 0) is 17.7 Å². The van der Waals surface area contributed by atoms with Crippen molar-refractivity contribution in [2.75, 3.05) is 4.90 Å². The molecule has 1 unspecified atom stereocenters. The Bertz CT molecular complexity index is 477. The molecule has 1 N–H and O–H groups in total. The molecule has 4 nitrogen and oxygen atoms in total. The van der Waals surface area contributed by atoms with Gasteiger partial charge in [-0.2, -0.15) is 0 Å². The Kier molecular flexibility index (Phi) is 2.55. The lowest BCUT2D eigenvalue weighted by Crippen LogP contribution is -2.40. The fraction of sp³-hybridized carbons (Fsp3) is 0.200. The second-order valence-electron chi connectivity index (χ2n) is 3.39. The van der Waals surface area contributed by atoms with Crippen LogP contribution < -0.4 is 4.90 Å². The summed E-state index contributed by atoms with van der Waals surface area (Å²) >= 11 is 5.71. The van der Waals surface area contributed by atoms with Crippen LogP contribution >= 0.6 is 11.6 Å². The van der Waals surface area contributed by atoms with E-state index in [-0.39, 0.29) is 12.1 Å². The highest BCUT2D eigenvalue weighted by molar-refractivity contribution is 6.31. The zero-order valence-corrected chi connectivity index (χ0v) is 8.74. The molecule has 0 radical (unpaired) electrons. The van der Waals surface area contributed by atoms with E-state index >= 15 is 0 Å². The SMILES string of the molecule is O=C(O)C(F)N1C(=O)Cc2ccc(Cl)cc21. The number of carbonyl (C=O) groups excluding carboxylic acids is 1. The molecular weight excluding hydrogens is 237 g/mol. The van der Waals surface area contributed by atoms with Crippen molar-refractivity contribution in [1.82, 2.24) is 0 Å². The van der Waals surface area contributed by atoms with Gasteiger partial charge >= 0.3 is 5.97 Å². The third-order valence-corrected chi connectivity index (χ3v) is 2.58. The Labute approximate surface area is 95.2 Å². The highest BCUT2D eigenvalue weighted by Gasteiger charge is 2.37. The first-order chi connectivity index (χ1) is 7.50. The number of hydrogen-bond acceptors (Lipinski definition) is 2. The summed E-state index contributed by atoms with van der Waals surface area (Å²) in [6, 6.07) is 4.55. The summed E-state index contributed by atoms with van der Waals surface area (Å²) in [5.41, 5.74) is 0.811. The predicted molar refractivity (Wildman–Crippen MR) is 55.2 cm³/mol. The molecular formula is C10H7ClFNO3. The number of amides is 1. The summed E-state index contributed by atoms with van der Waals surface area (Å²) in [7, 11) is 0. The summed E-state index contributed by atoms with van der Waals surface area (Å²) in [5.74, 6) is -2.27. The first kappa shape index (κ1) is 10.9. The lowest BCUT2D eigenvalue weighted by atomic mass is 10.2. The van der Waals surface area contributed by atoms with E-state index in [0.717, 1.165) is 0 Å². The van der Waals surface area contributed by atoms with E-state index in [0.29, 0.717) is 15.5 Å². The second-order valence-corrected chi connectivity index (χ2v) is 3.82. The number of alkyl halides is 1. The van der Waals surface area contributed by atoms with Crippen LogP contribution in [0.2, 0.25) is 5.02 Å². The van der Waals surface area contributed by atoms with Crippen LogP contribution in [0.4, 0.5) is 10.1 Å². The largest absolute Gasteiger partial charge is 0.478 e. The maximum Gasteiger partial charge on any atom is 0.360 e. The Morgan fingerprint density at radius 3 is 2.88 bits per heavy atom. The van der Waals surface area contributed by atoms with E-state index in [2.05, 4.69) is 0 Å². The molecule has 1 aromatic rings. The number of carboxylic acids is 1. The van der Waals surface area contributed by atoms with Gasteiger partial charge in [0.25, 0.3) is 6.30 Å². The molecule has 1 atom stereocenters. The zero-order valence-electron chi connectivity index (χ0n) is 7.98. The van der Waals surface area contributed by atoms with Crippen LogP contribution in [0.5, 0.6) is 0 Å². The monoisotopic (exact) mass is 243 g/mol. The van der Waals surface area contributed by atoms with Crippen LogP contribution in [0, 0.1) is 0 Å². The number of aliphatic carboxylic acids is 1. The fourth-order valence-electron chi connectivity index (χ4n) is 1.65. The summed E-state index contributed by atoms with van der Waals surface area (Å²) in [4.78, 5) is 22.6. The number of benzene rings is 1. The molecule has 2 rings (SSSR count).